The van der Waals surface area contributed by atoms with Gasteiger partial charge in [0.05, 0.1) is 17.6 Å². The summed E-state index contributed by atoms with van der Waals surface area (Å²) in [7, 11) is 3.93. The highest BCUT2D eigenvalue weighted by Gasteiger charge is 2.21. The number of guanidine groups is 1. The molecule has 0 radical (unpaired) electrons. The van der Waals surface area contributed by atoms with Gasteiger partial charge in [0, 0.05) is 38.2 Å². The normalized spacial score (nSPS) is 19.3. The lowest BCUT2D eigenvalue weighted by Gasteiger charge is -2.34. The first kappa shape index (κ1) is 16.2. The summed E-state index contributed by atoms with van der Waals surface area (Å²) < 4.78 is 2.15. The zero-order valence-electron chi connectivity index (χ0n) is 14.1. The molecule has 6 heteroatoms. The summed E-state index contributed by atoms with van der Waals surface area (Å²) >= 11 is 2.07. The first-order valence-corrected chi connectivity index (χ1v) is 9.25. The zero-order valence-corrected chi connectivity index (χ0v) is 14.9. The van der Waals surface area contributed by atoms with Crippen molar-refractivity contribution in [3.05, 3.63) is 30.1 Å². The monoisotopic (exact) mass is 331 g/mol. The molecule has 0 bridgehead atoms. The number of nitrogens with one attached hydrogen (secondary N) is 1. The maximum Gasteiger partial charge on any atom is 0.194 e. The van der Waals surface area contributed by atoms with Crippen LogP contribution in [0.25, 0.3) is 11.0 Å². The zero-order chi connectivity index (χ0) is 16.2. The van der Waals surface area contributed by atoms with Gasteiger partial charge >= 0.3 is 0 Å². The smallest absolute Gasteiger partial charge is 0.194 e. The maximum atomic E-state index is 4.72. The van der Waals surface area contributed by atoms with Crippen LogP contribution >= 0.6 is 11.8 Å². The molecule has 0 aliphatic carbocycles. The quantitative estimate of drug-likeness (QED) is 0.693. The lowest BCUT2D eigenvalue weighted by Crippen LogP contribution is -2.47. The number of hydrogen-bond donors (Lipinski definition) is 1. The Labute approximate surface area is 142 Å². The van der Waals surface area contributed by atoms with Crippen molar-refractivity contribution in [2.45, 2.75) is 25.1 Å². The minimum atomic E-state index is 0.693. The van der Waals surface area contributed by atoms with Crippen molar-refractivity contribution in [2.75, 3.05) is 25.9 Å². The van der Waals surface area contributed by atoms with E-state index in [1.807, 2.05) is 13.1 Å². The number of nitrogens with zero attached hydrogens (tertiary/aromatic N) is 4. The van der Waals surface area contributed by atoms with E-state index in [-0.39, 0.29) is 0 Å². The number of rotatable bonds is 3. The Morgan fingerprint density at radius 2 is 2.26 bits per heavy atom. The summed E-state index contributed by atoms with van der Waals surface area (Å²) in [6.07, 6.45) is 1.21. The van der Waals surface area contributed by atoms with Crippen molar-refractivity contribution in [2.24, 2.45) is 12.0 Å². The third-order valence-electron chi connectivity index (χ3n) is 4.39. The van der Waals surface area contributed by atoms with Gasteiger partial charge in [-0.25, -0.2) is 4.98 Å². The van der Waals surface area contributed by atoms with Crippen molar-refractivity contribution >= 4 is 28.8 Å². The number of thioether (sulfide) groups is 1. The molecule has 1 aromatic carbocycles. The van der Waals surface area contributed by atoms with Gasteiger partial charge in [0.1, 0.15) is 5.82 Å². The molecule has 1 N–H and O–H groups in total. The highest BCUT2D eigenvalue weighted by Crippen LogP contribution is 2.21. The molecular weight excluding hydrogens is 306 g/mol. The van der Waals surface area contributed by atoms with Crippen LogP contribution in [0.2, 0.25) is 0 Å². The van der Waals surface area contributed by atoms with E-state index in [0.29, 0.717) is 11.8 Å². The highest BCUT2D eigenvalue weighted by atomic mass is 32.2. The van der Waals surface area contributed by atoms with Crippen LogP contribution in [0, 0.1) is 0 Å². The fourth-order valence-electron chi connectivity index (χ4n) is 3.00. The summed E-state index contributed by atoms with van der Waals surface area (Å²) in [5, 5.41) is 4.19. The molecule has 0 amide bonds. The van der Waals surface area contributed by atoms with Crippen molar-refractivity contribution in [3.63, 3.8) is 0 Å². The van der Waals surface area contributed by atoms with Crippen LogP contribution in [-0.2, 0) is 13.6 Å². The van der Waals surface area contributed by atoms with E-state index in [4.69, 9.17) is 4.98 Å². The molecule has 23 heavy (non-hydrogen) atoms. The predicted molar refractivity (Wildman–Crippen MR) is 99.0 cm³/mol. The number of benzene rings is 1. The molecule has 124 valence electrons. The number of imidazole rings is 1. The average Bonchev–Trinajstić information content (AvgIpc) is 2.92. The van der Waals surface area contributed by atoms with Gasteiger partial charge in [0.25, 0.3) is 0 Å². The topological polar surface area (TPSA) is 45.4 Å². The van der Waals surface area contributed by atoms with E-state index in [2.05, 4.69) is 63.7 Å². The second-order valence-electron chi connectivity index (χ2n) is 5.82. The Bertz CT molecular complexity index is 693. The number of aromatic nitrogens is 2. The molecule has 1 aromatic heterocycles. The fourth-order valence-corrected chi connectivity index (χ4v) is 4.18. The second-order valence-corrected chi connectivity index (χ2v) is 7.23. The average molecular weight is 331 g/mol. The highest BCUT2D eigenvalue weighted by molar-refractivity contribution is 8.00. The van der Waals surface area contributed by atoms with Crippen LogP contribution < -0.4 is 5.32 Å². The fraction of sp³-hybridized carbons (Fsp3) is 0.529. The van der Waals surface area contributed by atoms with E-state index in [0.717, 1.165) is 30.4 Å². The van der Waals surface area contributed by atoms with E-state index in [1.165, 1.54) is 17.7 Å². The minimum absolute atomic E-state index is 0.693. The second kappa shape index (κ2) is 7.25. The molecule has 1 aliphatic rings. The van der Waals surface area contributed by atoms with Crippen molar-refractivity contribution in [1.82, 2.24) is 19.8 Å². The van der Waals surface area contributed by atoms with Crippen LogP contribution in [0.3, 0.4) is 0 Å². The lowest BCUT2D eigenvalue weighted by molar-refractivity contribution is 0.407. The van der Waals surface area contributed by atoms with E-state index in [9.17, 15) is 0 Å². The van der Waals surface area contributed by atoms with Gasteiger partial charge in [0.2, 0.25) is 0 Å². The van der Waals surface area contributed by atoms with Gasteiger partial charge < -0.3 is 14.8 Å². The van der Waals surface area contributed by atoms with Crippen LogP contribution in [0.5, 0.6) is 0 Å². The Morgan fingerprint density at radius 3 is 3.00 bits per heavy atom. The van der Waals surface area contributed by atoms with E-state index < -0.39 is 0 Å². The maximum absolute atomic E-state index is 4.72. The van der Waals surface area contributed by atoms with Crippen molar-refractivity contribution in [1.29, 1.82) is 0 Å². The number of aryl methyl sites for hydroxylation is 1. The summed E-state index contributed by atoms with van der Waals surface area (Å²) in [6.45, 7) is 5.09. The molecule has 5 nitrogen and oxygen atoms in total. The number of fused-ring (bicyclic) bond motifs is 1. The van der Waals surface area contributed by atoms with Crippen molar-refractivity contribution < 1.29 is 0 Å². The summed E-state index contributed by atoms with van der Waals surface area (Å²) in [4.78, 5) is 11.6. The first-order chi connectivity index (χ1) is 11.2. The molecular formula is C17H25N5S. The van der Waals surface area contributed by atoms with Gasteiger partial charge in [-0.1, -0.05) is 19.1 Å². The molecule has 1 aliphatic heterocycles. The van der Waals surface area contributed by atoms with Crippen molar-refractivity contribution in [3.8, 4) is 0 Å². The SMILES string of the molecule is CCC1CN(C(=NC)NCc2nc3ccccc3n2C)CCS1. The van der Waals surface area contributed by atoms with Crippen LogP contribution in [0.4, 0.5) is 0 Å². The molecule has 1 saturated heterocycles. The number of hydrogen-bond acceptors (Lipinski definition) is 3. The molecule has 0 saturated carbocycles. The van der Waals surface area contributed by atoms with Gasteiger partial charge in [-0.2, -0.15) is 11.8 Å². The molecule has 2 heterocycles. The molecule has 2 aromatic rings. The van der Waals surface area contributed by atoms with E-state index >= 15 is 0 Å². The third kappa shape index (κ3) is 3.47. The summed E-state index contributed by atoms with van der Waals surface area (Å²) in [6, 6.07) is 8.24. The van der Waals surface area contributed by atoms with Gasteiger partial charge in [-0.05, 0) is 18.6 Å². The molecule has 0 spiro atoms. The van der Waals surface area contributed by atoms with Gasteiger partial charge in [0.15, 0.2) is 5.96 Å². The van der Waals surface area contributed by atoms with E-state index in [1.54, 1.807) is 0 Å². The van der Waals surface area contributed by atoms with Gasteiger partial charge in [-0.3, -0.25) is 4.99 Å². The predicted octanol–water partition coefficient (Wildman–Crippen LogP) is 2.48. The summed E-state index contributed by atoms with van der Waals surface area (Å²) in [5.41, 5.74) is 2.21. The lowest BCUT2D eigenvalue weighted by atomic mass is 10.3. The molecule has 1 atom stereocenters. The van der Waals surface area contributed by atoms with Crippen LogP contribution in [0.15, 0.2) is 29.3 Å². The Balaban J connectivity index is 1.69. The molecule has 3 rings (SSSR count). The number of para-hydroxylation sites is 2. The standard InChI is InChI=1S/C17H25N5S/c1-4-13-12-22(9-10-23-13)17(18-2)19-11-16-20-14-7-5-6-8-15(14)21(16)3/h5-8,13H,4,9-12H2,1-3H3,(H,18,19). The summed E-state index contributed by atoms with van der Waals surface area (Å²) in [5.74, 6) is 3.19. The molecule has 1 unspecified atom stereocenters. The van der Waals surface area contributed by atoms with Gasteiger partial charge in [-0.15, -0.1) is 0 Å². The Morgan fingerprint density at radius 1 is 1.43 bits per heavy atom. The van der Waals surface area contributed by atoms with Crippen LogP contribution in [-0.4, -0.2) is 51.6 Å². The molecule has 1 fully saturated rings. The number of aliphatic imine (C=N–C) groups is 1. The first-order valence-electron chi connectivity index (χ1n) is 8.20. The minimum Gasteiger partial charge on any atom is -0.349 e. The largest absolute Gasteiger partial charge is 0.349 e. The Hall–Kier alpha value is -1.69. The Kier molecular flexibility index (Phi) is 5.10. The third-order valence-corrected chi connectivity index (χ3v) is 5.76. The van der Waals surface area contributed by atoms with Crippen LogP contribution in [0.1, 0.15) is 19.2 Å².